The maximum Gasteiger partial charge on any atom is 0.171 e. The van der Waals surface area contributed by atoms with Crippen molar-refractivity contribution in [3.63, 3.8) is 0 Å². The summed E-state index contributed by atoms with van der Waals surface area (Å²) in [6.45, 7) is 0. The average molecular weight is 378 g/mol. The molecule has 0 atom stereocenters. The van der Waals surface area contributed by atoms with E-state index in [9.17, 15) is 4.57 Å². The Morgan fingerprint density at radius 2 is 0.786 bits per heavy atom. The average Bonchev–Trinajstić information content (AvgIpc) is 2.79. The molecule has 4 aromatic rings. The van der Waals surface area contributed by atoms with Crippen LogP contribution in [-0.4, -0.2) is 0 Å². The molecule has 4 rings (SSSR count). The summed E-state index contributed by atoms with van der Waals surface area (Å²) in [7, 11) is -2.92. The largest absolute Gasteiger partial charge is 0.309 e. The molecule has 0 bridgehead atoms. The normalized spacial score (nSPS) is 10.7. The van der Waals surface area contributed by atoms with Gasteiger partial charge < -0.3 is 4.57 Å². The minimum absolute atomic E-state index is 0.815. The van der Waals surface area contributed by atoms with Gasteiger partial charge in [-0.1, -0.05) is 90.7 Å². The molecule has 0 aliphatic heterocycles. The zero-order valence-electron chi connectivity index (χ0n) is 15.3. The van der Waals surface area contributed by atoms with Crippen LogP contribution in [0.1, 0.15) is 11.1 Å². The number of rotatable bonds is 3. The van der Waals surface area contributed by atoms with Crippen LogP contribution in [0.15, 0.2) is 115 Å². The minimum Gasteiger partial charge on any atom is -0.309 e. The third kappa shape index (κ3) is 3.70. The van der Waals surface area contributed by atoms with Crippen LogP contribution in [0.3, 0.4) is 0 Å². The molecule has 0 saturated carbocycles. The summed E-state index contributed by atoms with van der Waals surface area (Å²) < 4.78 is 14.3. The van der Waals surface area contributed by atoms with Gasteiger partial charge in [-0.2, -0.15) is 0 Å². The zero-order chi connectivity index (χ0) is 19.2. The van der Waals surface area contributed by atoms with Gasteiger partial charge in [0.25, 0.3) is 0 Å². The SMILES string of the molecule is O=P(c1ccccc1)(c1ccccc1)c1ccc(C#Cc2ccccc2)cc1. The van der Waals surface area contributed by atoms with Crippen LogP contribution in [0.25, 0.3) is 0 Å². The summed E-state index contributed by atoms with van der Waals surface area (Å²) in [5, 5.41) is 2.49. The van der Waals surface area contributed by atoms with Crippen LogP contribution in [0, 0.1) is 11.8 Å². The summed E-state index contributed by atoms with van der Waals surface area (Å²) in [4.78, 5) is 0. The summed E-state index contributed by atoms with van der Waals surface area (Å²) in [5.74, 6) is 6.34. The van der Waals surface area contributed by atoms with Crippen molar-refractivity contribution >= 4 is 23.1 Å². The molecule has 0 aromatic heterocycles. The van der Waals surface area contributed by atoms with E-state index >= 15 is 0 Å². The molecule has 28 heavy (non-hydrogen) atoms. The monoisotopic (exact) mass is 378 g/mol. The molecule has 0 fully saturated rings. The highest BCUT2D eigenvalue weighted by atomic mass is 31.2. The molecule has 0 amide bonds. The Labute approximate surface area is 166 Å². The van der Waals surface area contributed by atoms with Crippen molar-refractivity contribution in [1.82, 2.24) is 0 Å². The van der Waals surface area contributed by atoms with Crippen molar-refractivity contribution in [2.75, 3.05) is 0 Å². The molecule has 0 unspecified atom stereocenters. The van der Waals surface area contributed by atoms with Crippen molar-refractivity contribution in [3.05, 3.63) is 126 Å². The molecule has 4 aromatic carbocycles. The molecule has 0 aliphatic rings. The molecule has 2 heteroatoms. The van der Waals surface area contributed by atoms with Gasteiger partial charge >= 0.3 is 0 Å². The molecule has 134 valence electrons. The molecule has 0 radical (unpaired) electrons. The smallest absolute Gasteiger partial charge is 0.171 e. The highest BCUT2D eigenvalue weighted by Gasteiger charge is 2.29. The van der Waals surface area contributed by atoms with Gasteiger partial charge in [0.15, 0.2) is 7.14 Å². The van der Waals surface area contributed by atoms with Gasteiger partial charge in [-0.05, 0) is 36.4 Å². The van der Waals surface area contributed by atoms with Crippen LogP contribution < -0.4 is 15.9 Å². The van der Waals surface area contributed by atoms with Crippen LogP contribution >= 0.6 is 7.14 Å². The van der Waals surface area contributed by atoms with Gasteiger partial charge in [-0.25, -0.2) is 0 Å². The van der Waals surface area contributed by atoms with Gasteiger partial charge in [0.2, 0.25) is 0 Å². The van der Waals surface area contributed by atoms with Gasteiger partial charge in [0.05, 0.1) is 0 Å². The van der Waals surface area contributed by atoms with E-state index in [0.717, 1.165) is 27.0 Å². The van der Waals surface area contributed by atoms with Gasteiger partial charge in [-0.15, -0.1) is 0 Å². The second kappa shape index (κ2) is 8.13. The Balaban J connectivity index is 1.75. The van der Waals surface area contributed by atoms with E-state index in [1.54, 1.807) is 0 Å². The van der Waals surface area contributed by atoms with E-state index < -0.39 is 7.14 Å². The molecule has 0 spiro atoms. The number of benzene rings is 4. The fraction of sp³-hybridized carbons (Fsp3) is 0. The maximum absolute atomic E-state index is 14.3. The second-order valence-corrected chi connectivity index (χ2v) is 9.21. The first-order chi connectivity index (χ1) is 13.8. The Hall–Kier alpha value is -3.33. The first-order valence-electron chi connectivity index (χ1n) is 9.16. The van der Waals surface area contributed by atoms with E-state index in [1.165, 1.54) is 0 Å². The number of hydrogen-bond donors (Lipinski definition) is 0. The summed E-state index contributed by atoms with van der Waals surface area (Å²) in [6, 6.07) is 37.1. The van der Waals surface area contributed by atoms with Gasteiger partial charge in [0, 0.05) is 27.0 Å². The van der Waals surface area contributed by atoms with Crippen LogP contribution in [-0.2, 0) is 4.57 Å². The van der Waals surface area contributed by atoms with Crippen molar-refractivity contribution in [1.29, 1.82) is 0 Å². The fourth-order valence-corrected chi connectivity index (χ4v) is 5.79. The Bertz CT molecular complexity index is 1110. The topological polar surface area (TPSA) is 17.1 Å². The predicted molar refractivity (Wildman–Crippen MR) is 118 cm³/mol. The lowest BCUT2D eigenvalue weighted by Gasteiger charge is -2.20. The molecule has 0 saturated heterocycles. The highest BCUT2D eigenvalue weighted by Crippen LogP contribution is 2.42. The predicted octanol–water partition coefficient (Wildman–Crippen LogP) is 4.73. The molecule has 0 heterocycles. The molecular weight excluding hydrogens is 359 g/mol. The lowest BCUT2D eigenvalue weighted by molar-refractivity contribution is 0.592. The van der Waals surface area contributed by atoms with Gasteiger partial charge in [0.1, 0.15) is 0 Å². The minimum atomic E-state index is -2.92. The Morgan fingerprint density at radius 3 is 1.25 bits per heavy atom. The van der Waals surface area contributed by atoms with E-state index in [4.69, 9.17) is 0 Å². The standard InChI is InChI=1S/C26H19OP/c27-28(24-12-6-2-7-13-24,25-14-8-3-9-15-25)26-20-18-23(19-21-26)17-16-22-10-4-1-5-11-22/h1-15,18-21H. The quantitative estimate of drug-likeness (QED) is 0.372. The second-order valence-electron chi connectivity index (χ2n) is 6.44. The molecular formula is C26H19OP. The Morgan fingerprint density at radius 1 is 0.429 bits per heavy atom. The van der Waals surface area contributed by atoms with Crippen molar-refractivity contribution in [2.24, 2.45) is 0 Å². The van der Waals surface area contributed by atoms with Crippen LogP contribution in [0.2, 0.25) is 0 Å². The molecule has 0 aliphatic carbocycles. The van der Waals surface area contributed by atoms with Crippen LogP contribution in [0.5, 0.6) is 0 Å². The lowest BCUT2D eigenvalue weighted by Crippen LogP contribution is -2.24. The summed E-state index contributed by atoms with van der Waals surface area (Å²) in [6.07, 6.45) is 0. The Kier molecular flexibility index (Phi) is 5.24. The zero-order valence-corrected chi connectivity index (χ0v) is 16.2. The lowest BCUT2D eigenvalue weighted by atomic mass is 10.2. The van der Waals surface area contributed by atoms with E-state index in [-0.39, 0.29) is 0 Å². The first kappa shape index (κ1) is 18.1. The summed E-state index contributed by atoms with van der Waals surface area (Å²) >= 11 is 0. The third-order valence-corrected chi connectivity index (χ3v) is 7.67. The summed E-state index contributed by atoms with van der Waals surface area (Å²) in [5.41, 5.74) is 1.88. The maximum atomic E-state index is 14.3. The van der Waals surface area contributed by atoms with E-state index in [1.807, 2.05) is 115 Å². The van der Waals surface area contributed by atoms with Crippen molar-refractivity contribution < 1.29 is 4.57 Å². The molecule has 0 N–H and O–H groups in total. The van der Waals surface area contributed by atoms with Crippen LogP contribution in [0.4, 0.5) is 0 Å². The third-order valence-electron chi connectivity index (χ3n) is 4.60. The fourth-order valence-electron chi connectivity index (χ4n) is 3.14. The van der Waals surface area contributed by atoms with Crippen molar-refractivity contribution in [2.45, 2.75) is 0 Å². The van der Waals surface area contributed by atoms with E-state index in [2.05, 4.69) is 11.8 Å². The van der Waals surface area contributed by atoms with Gasteiger partial charge in [-0.3, -0.25) is 0 Å². The molecule has 1 nitrogen and oxygen atoms in total. The van der Waals surface area contributed by atoms with Crippen molar-refractivity contribution in [3.8, 4) is 11.8 Å². The number of hydrogen-bond acceptors (Lipinski definition) is 1. The first-order valence-corrected chi connectivity index (χ1v) is 10.9. The highest BCUT2D eigenvalue weighted by molar-refractivity contribution is 7.85. The van der Waals surface area contributed by atoms with E-state index in [0.29, 0.717) is 0 Å².